The van der Waals surface area contributed by atoms with Crippen LogP contribution < -0.4 is 10.2 Å². The number of para-hydroxylation sites is 1. The third-order valence-electron chi connectivity index (χ3n) is 4.68. The Hall–Kier alpha value is -3.35. The Labute approximate surface area is 161 Å². The average Bonchev–Trinajstić information content (AvgIpc) is 2.98. The minimum absolute atomic E-state index is 0.00567. The monoisotopic (exact) mass is 380 g/mol. The molecule has 2 aromatic carbocycles. The number of nitrogens with one attached hydrogen (secondary N) is 1. The Morgan fingerprint density at radius 1 is 1.14 bits per heavy atom. The summed E-state index contributed by atoms with van der Waals surface area (Å²) in [6.07, 6.45) is 0.776. The van der Waals surface area contributed by atoms with E-state index in [9.17, 15) is 13.6 Å². The van der Waals surface area contributed by atoms with E-state index in [1.807, 2.05) is 31.2 Å². The largest absolute Gasteiger partial charge is 0.338 e. The molecular weight excluding hydrogens is 362 g/mol. The van der Waals surface area contributed by atoms with E-state index >= 15 is 0 Å². The highest BCUT2D eigenvalue weighted by atomic mass is 19.1. The molecule has 1 aliphatic rings. The van der Waals surface area contributed by atoms with Crippen molar-refractivity contribution in [2.75, 3.05) is 10.2 Å². The Morgan fingerprint density at radius 3 is 2.71 bits per heavy atom. The van der Waals surface area contributed by atoms with Gasteiger partial charge < -0.3 is 10.2 Å². The maximum atomic E-state index is 13.9. The summed E-state index contributed by atoms with van der Waals surface area (Å²) >= 11 is 0. The first-order chi connectivity index (χ1) is 13.4. The number of amides is 1. The highest BCUT2D eigenvalue weighted by Gasteiger charge is 2.32. The minimum atomic E-state index is -0.744. The Bertz CT molecular complexity index is 1070. The van der Waals surface area contributed by atoms with Gasteiger partial charge in [0, 0.05) is 23.9 Å². The van der Waals surface area contributed by atoms with Gasteiger partial charge >= 0.3 is 0 Å². The molecule has 0 saturated carbocycles. The predicted molar refractivity (Wildman–Crippen MR) is 103 cm³/mol. The van der Waals surface area contributed by atoms with Crippen molar-refractivity contribution in [1.82, 2.24) is 9.97 Å². The van der Waals surface area contributed by atoms with Crippen molar-refractivity contribution in [2.24, 2.45) is 0 Å². The van der Waals surface area contributed by atoms with E-state index in [2.05, 4.69) is 15.3 Å². The number of carbonyl (C=O) groups excluding carboxylic acids is 1. The van der Waals surface area contributed by atoms with Gasteiger partial charge in [-0.1, -0.05) is 18.2 Å². The molecule has 7 heteroatoms. The third-order valence-corrected chi connectivity index (χ3v) is 4.68. The fraction of sp³-hybridized carbons (Fsp3) is 0.190. The Morgan fingerprint density at radius 2 is 1.93 bits per heavy atom. The maximum Gasteiger partial charge on any atom is 0.277 e. The fourth-order valence-electron chi connectivity index (χ4n) is 3.47. The average molecular weight is 380 g/mol. The van der Waals surface area contributed by atoms with E-state index < -0.39 is 11.6 Å². The molecule has 5 nitrogen and oxygen atoms in total. The molecule has 0 aliphatic carbocycles. The fourth-order valence-corrected chi connectivity index (χ4v) is 3.47. The Kier molecular flexibility index (Phi) is 4.50. The molecule has 1 aliphatic heterocycles. The van der Waals surface area contributed by atoms with Gasteiger partial charge in [-0.3, -0.25) is 4.79 Å². The van der Waals surface area contributed by atoms with Gasteiger partial charge in [-0.2, -0.15) is 0 Å². The molecule has 1 aromatic heterocycles. The second-order valence-electron chi connectivity index (χ2n) is 6.79. The number of fused-ring (bicyclic) bond motifs is 1. The van der Waals surface area contributed by atoms with Crippen LogP contribution in [-0.4, -0.2) is 21.9 Å². The second-order valence-corrected chi connectivity index (χ2v) is 6.79. The standard InChI is InChI=1S/C21H18F2N4O/c1-12-9-14-5-3-4-6-19(14)27(12)21(28)18-11-20(25-13(2)24-18)26-17-8-7-15(22)10-16(17)23/h3-8,10-12H,9H2,1-2H3,(H,24,25,26). The van der Waals surface area contributed by atoms with Crippen molar-refractivity contribution in [3.63, 3.8) is 0 Å². The van der Waals surface area contributed by atoms with Gasteiger partial charge in [0.1, 0.15) is 29.0 Å². The lowest BCUT2D eigenvalue weighted by atomic mass is 10.1. The van der Waals surface area contributed by atoms with Gasteiger partial charge in [-0.05, 0) is 44.0 Å². The molecule has 1 atom stereocenters. The van der Waals surface area contributed by atoms with E-state index in [0.29, 0.717) is 5.82 Å². The van der Waals surface area contributed by atoms with Crippen molar-refractivity contribution < 1.29 is 13.6 Å². The third kappa shape index (κ3) is 3.31. The number of aryl methyl sites for hydroxylation is 1. The number of halogens is 2. The number of rotatable bonds is 3. The summed E-state index contributed by atoms with van der Waals surface area (Å²) in [6.45, 7) is 3.64. The van der Waals surface area contributed by atoms with Gasteiger partial charge in [-0.25, -0.2) is 18.7 Å². The summed E-state index contributed by atoms with van der Waals surface area (Å²) in [5.74, 6) is -1.02. The van der Waals surface area contributed by atoms with Gasteiger partial charge in [0.25, 0.3) is 5.91 Å². The van der Waals surface area contributed by atoms with Gasteiger partial charge in [0.15, 0.2) is 0 Å². The quantitative estimate of drug-likeness (QED) is 0.732. The lowest BCUT2D eigenvalue weighted by Gasteiger charge is -2.22. The normalized spacial score (nSPS) is 15.4. The second kappa shape index (κ2) is 6.99. The molecule has 4 rings (SSSR count). The highest BCUT2D eigenvalue weighted by molar-refractivity contribution is 6.07. The van der Waals surface area contributed by atoms with Crippen molar-refractivity contribution in [3.05, 3.63) is 77.2 Å². The maximum absolute atomic E-state index is 13.9. The number of hydrogen-bond donors (Lipinski definition) is 1. The van der Waals surface area contributed by atoms with E-state index in [1.165, 1.54) is 12.1 Å². The summed E-state index contributed by atoms with van der Waals surface area (Å²) in [4.78, 5) is 23.4. The van der Waals surface area contributed by atoms with Crippen LogP contribution in [0.4, 0.5) is 26.0 Å². The predicted octanol–water partition coefficient (Wildman–Crippen LogP) is 4.40. The highest BCUT2D eigenvalue weighted by Crippen LogP contribution is 2.33. The molecule has 2 heterocycles. The number of carbonyl (C=O) groups is 1. The van der Waals surface area contributed by atoms with Crippen molar-refractivity contribution in [1.29, 1.82) is 0 Å². The van der Waals surface area contributed by atoms with E-state index in [4.69, 9.17) is 0 Å². The van der Waals surface area contributed by atoms with Crippen LogP contribution in [0.5, 0.6) is 0 Å². The topological polar surface area (TPSA) is 58.1 Å². The first-order valence-electron chi connectivity index (χ1n) is 8.91. The molecule has 142 valence electrons. The summed E-state index contributed by atoms with van der Waals surface area (Å²) in [5.41, 5.74) is 2.26. The van der Waals surface area contributed by atoms with Crippen molar-refractivity contribution in [3.8, 4) is 0 Å². The molecule has 0 bridgehead atoms. The summed E-state index contributed by atoms with van der Waals surface area (Å²) < 4.78 is 27.0. The zero-order chi connectivity index (χ0) is 19.8. The summed E-state index contributed by atoms with van der Waals surface area (Å²) in [7, 11) is 0. The van der Waals surface area contributed by atoms with Gasteiger partial charge in [0.05, 0.1) is 5.69 Å². The Balaban J connectivity index is 1.66. The molecule has 0 radical (unpaired) electrons. The van der Waals surface area contributed by atoms with Crippen LogP contribution in [0.25, 0.3) is 0 Å². The van der Waals surface area contributed by atoms with Crippen LogP contribution in [0.15, 0.2) is 48.5 Å². The molecule has 0 spiro atoms. The molecule has 3 aromatic rings. The molecule has 28 heavy (non-hydrogen) atoms. The molecule has 1 N–H and O–H groups in total. The van der Waals surface area contributed by atoms with Crippen LogP contribution >= 0.6 is 0 Å². The molecule has 0 fully saturated rings. The van der Waals surface area contributed by atoms with Crippen molar-refractivity contribution in [2.45, 2.75) is 26.3 Å². The van der Waals surface area contributed by atoms with E-state index in [0.717, 1.165) is 29.8 Å². The van der Waals surface area contributed by atoms with Gasteiger partial charge in [-0.15, -0.1) is 0 Å². The number of nitrogens with zero attached hydrogens (tertiary/aromatic N) is 3. The lowest BCUT2D eigenvalue weighted by Crippen LogP contribution is -2.36. The zero-order valence-corrected chi connectivity index (χ0v) is 15.4. The van der Waals surface area contributed by atoms with Crippen LogP contribution in [0.2, 0.25) is 0 Å². The number of benzene rings is 2. The molecule has 1 unspecified atom stereocenters. The van der Waals surface area contributed by atoms with Gasteiger partial charge in [0.2, 0.25) is 0 Å². The molecular formula is C21H18F2N4O. The number of aromatic nitrogens is 2. The molecule has 1 amide bonds. The SMILES string of the molecule is Cc1nc(Nc2ccc(F)cc2F)cc(C(=O)N2c3ccccc3CC2C)n1. The van der Waals surface area contributed by atoms with Crippen LogP contribution in [0.3, 0.4) is 0 Å². The van der Waals surface area contributed by atoms with E-state index in [-0.39, 0.29) is 29.1 Å². The first-order valence-corrected chi connectivity index (χ1v) is 8.91. The zero-order valence-electron chi connectivity index (χ0n) is 15.4. The number of hydrogen-bond acceptors (Lipinski definition) is 4. The van der Waals surface area contributed by atoms with E-state index in [1.54, 1.807) is 11.8 Å². The minimum Gasteiger partial charge on any atom is -0.338 e. The lowest BCUT2D eigenvalue weighted by molar-refractivity contribution is 0.0976. The van der Waals surface area contributed by atoms with Crippen molar-refractivity contribution >= 4 is 23.1 Å². The summed E-state index contributed by atoms with van der Waals surface area (Å²) in [5, 5.41) is 2.79. The van der Waals surface area contributed by atoms with Crippen LogP contribution in [0.1, 0.15) is 28.8 Å². The first kappa shape index (κ1) is 18.0. The molecule has 0 saturated heterocycles. The smallest absolute Gasteiger partial charge is 0.277 e. The number of anilines is 3. The summed E-state index contributed by atoms with van der Waals surface area (Å²) in [6, 6.07) is 12.5. The van der Waals surface area contributed by atoms with Crippen LogP contribution in [-0.2, 0) is 6.42 Å². The van der Waals surface area contributed by atoms with Crippen LogP contribution in [0, 0.1) is 18.6 Å².